The van der Waals surface area contributed by atoms with Crippen molar-refractivity contribution in [1.82, 2.24) is 5.32 Å². The summed E-state index contributed by atoms with van der Waals surface area (Å²) in [6.45, 7) is 4.81. The van der Waals surface area contributed by atoms with Gasteiger partial charge in [-0.2, -0.15) is 0 Å². The molecule has 0 spiro atoms. The zero-order valence-corrected chi connectivity index (χ0v) is 8.51. The molecule has 1 unspecified atom stereocenters. The highest BCUT2D eigenvalue weighted by Crippen LogP contribution is 1.85. The second kappa shape index (κ2) is 9.53. The maximum Gasteiger partial charge on any atom is 0.0924 e. The smallest absolute Gasteiger partial charge is 0.0924 e. The summed E-state index contributed by atoms with van der Waals surface area (Å²) >= 11 is 0. The molecule has 0 aliphatic rings. The normalized spacial score (nSPS) is 12.4. The van der Waals surface area contributed by atoms with E-state index in [2.05, 4.69) is 18.2 Å². The summed E-state index contributed by atoms with van der Waals surface area (Å²) in [7, 11) is 1.65. The van der Waals surface area contributed by atoms with E-state index in [4.69, 9.17) is 15.9 Å². The van der Waals surface area contributed by atoms with Crippen LogP contribution in [-0.4, -0.2) is 39.5 Å². The predicted octanol–water partition coefficient (Wildman–Crippen LogP) is 0.651. The molecule has 0 bridgehead atoms. The average molecular weight is 185 g/mol. The molecule has 0 saturated heterocycles. The maximum atomic E-state index is 5.30. The van der Waals surface area contributed by atoms with Crippen molar-refractivity contribution in [3.05, 3.63) is 0 Å². The number of hydrogen-bond acceptors (Lipinski definition) is 3. The van der Waals surface area contributed by atoms with E-state index in [-0.39, 0.29) is 6.04 Å². The molecular formula is C10H19NO2. The fraction of sp³-hybridized carbons (Fsp3) is 0.800. The third-order valence-electron chi connectivity index (χ3n) is 1.56. The van der Waals surface area contributed by atoms with E-state index >= 15 is 0 Å². The van der Waals surface area contributed by atoms with Gasteiger partial charge in [0.15, 0.2) is 0 Å². The Morgan fingerprint density at radius 1 is 1.46 bits per heavy atom. The van der Waals surface area contributed by atoms with Crippen LogP contribution in [0.2, 0.25) is 0 Å². The minimum Gasteiger partial charge on any atom is -0.382 e. The molecule has 13 heavy (non-hydrogen) atoms. The third-order valence-corrected chi connectivity index (χ3v) is 1.56. The molecule has 0 aliphatic carbocycles. The van der Waals surface area contributed by atoms with Crippen LogP contribution in [0.3, 0.4) is 0 Å². The van der Waals surface area contributed by atoms with Gasteiger partial charge in [0, 0.05) is 7.11 Å². The summed E-state index contributed by atoms with van der Waals surface area (Å²) in [5, 5.41) is 3.19. The fourth-order valence-corrected chi connectivity index (χ4v) is 0.828. The van der Waals surface area contributed by atoms with Crippen LogP contribution in [0.1, 0.15) is 13.3 Å². The van der Waals surface area contributed by atoms with E-state index in [1.807, 2.05) is 0 Å². The van der Waals surface area contributed by atoms with Gasteiger partial charge in [-0.1, -0.05) is 12.8 Å². The van der Waals surface area contributed by atoms with Gasteiger partial charge in [-0.15, -0.1) is 6.42 Å². The zero-order chi connectivity index (χ0) is 9.94. The van der Waals surface area contributed by atoms with E-state index in [0.717, 1.165) is 13.0 Å². The Morgan fingerprint density at radius 3 is 2.77 bits per heavy atom. The van der Waals surface area contributed by atoms with Gasteiger partial charge in [0.25, 0.3) is 0 Å². The van der Waals surface area contributed by atoms with Gasteiger partial charge >= 0.3 is 0 Å². The first-order valence-corrected chi connectivity index (χ1v) is 4.61. The lowest BCUT2D eigenvalue weighted by molar-refractivity contribution is 0.0654. The molecule has 0 amide bonds. The van der Waals surface area contributed by atoms with Crippen molar-refractivity contribution in [2.24, 2.45) is 0 Å². The van der Waals surface area contributed by atoms with E-state index in [0.29, 0.717) is 19.8 Å². The molecule has 0 radical (unpaired) electrons. The molecule has 0 aromatic rings. The van der Waals surface area contributed by atoms with Gasteiger partial charge in [-0.3, -0.25) is 0 Å². The van der Waals surface area contributed by atoms with Crippen LogP contribution in [-0.2, 0) is 9.47 Å². The lowest BCUT2D eigenvalue weighted by Gasteiger charge is -2.12. The number of methoxy groups -OCH3 is 1. The lowest BCUT2D eigenvalue weighted by atomic mass is 10.3. The van der Waals surface area contributed by atoms with Gasteiger partial charge in [0.2, 0.25) is 0 Å². The Labute approximate surface area is 80.8 Å². The average Bonchev–Trinajstić information content (AvgIpc) is 2.17. The van der Waals surface area contributed by atoms with E-state index < -0.39 is 0 Å². The minimum atomic E-state index is 0.0248. The van der Waals surface area contributed by atoms with Crippen molar-refractivity contribution < 1.29 is 9.47 Å². The molecule has 76 valence electrons. The summed E-state index contributed by atoms with van der Waals surface area (Å²) in [6.07, 6.45) is 6.38. The van der Waals surface area contributed by atoms with Crippen LogP contribution in [0.25, 0.3) is 0 Å². The van der Waals surface area contributed by atoms with Gasteiger partial charge in [-0.05, 0) is 13.0 Å². The molecule has 0 rings (SSSR count). The standard InChI is InChI=1S/C10H19NO2/c1-4-6-11-10(5-2)9-13-8-7-12-3/h2,10-11H,4,6-9H2,1,3H3. The van der Waals surface area contributed by atoms with Crippen molar-refractivity contribution in [2.75, 3.05) is 33.5 Å². The summed E-state index contributed by atoms with van der Waals surface area (Å²) in [6, 6.07) is 0.0248. The second-order valence-electron chi connectivity index (χ2n) is 2.74. The molecule has 1 atom stereocenters. The monoisotopic (exact) mass is 185 g/mol. The number of ether oxygens (including phenoxy) is 2. The SMILES string of the molecule is C#CC(COCCOC)NCCC. The van der Waals surface area contributed by atoms with E-state index in [9.17, 15) is 0 Å². The summed E-state index contributed by atoms with van der Waals surface area (Å²) in [5.41, 5.74) is 0. The molecule has 3 nitrogen and oxygen atoms in total. The van der Waals surface area contributed by atoms with Crippen LogP contribution in [0.4, 0.5) is 0 Å². The summed E-state index contributed by atoms with van der Waals surface area (Å²) in [5.74, 6) is 2.64. The van der Waals surface area contributed by atoms with Crippen molar-refractivity contribution in [3.63, 3.8) is 0 Å². The Balaban J connectivity index is 3.32. The summed E-state index contributed by atoms with van der Waals surface area (Å²) < 4.78 is 10.1. The second-order valence-corrected chi connectivity index (χ2v) is 2.74. The molecule has 3 heteroatoms. The summed E-state index contributed by atoms with van der Waals surface area (Å²) in [4.78, 5) is 0. The van der Waals surface area contributed by atoms with Crippen molar-refractivity contribution >= 4 is 0 Å². The predicted molar refractivity (Wildman–Crippen MR) is 53.6 cm³/mol. The molecule has 0 heterocycles. The van der Waals surface area contributed by atoms with Gasteiger partial charge in [0.05, 0.1) is 25.9 Å². The largest absolute Gasteiger partial charge is 0.382 e. The topological polar surface area (TPSA) is 30.5 Å². The van der Waals surface area contributed by atoms with Crippen LogP contribution in [0.5, 0.6) is 0 Å². The van der Waals surface area contributed by atoms with E-state index in [1.165, 1.54) is 0 Å². The highest BCUT2D eigenvalue weighted by molar-refractivity contribution is 4.98. The first kappa shape index (κ1) is 12.4. The molecule has 0 aromatic carbocycles. The number of hydrogen-bond donors (Lipinski definition) is 1. The van der Waals surface area contributed by atoms with Crippen LogP contribution in [0.15, 0.2) is 0 Å². The number of nitrogens with one attached hydrogen (secondary N) is 1. The molecule has 1 N–H and O–H groups in total. The lowest BCUT2D eigenvalue weighted by Crippen LogP contribution is -2.33. The van der Waals surface area contributed by atoms with Gasteiger partial charge < -0.3 is 14.8 Å². The van der Waals surface area contributed by atoms with E-state index in [1.54, 1.807) is 7.11 Å². The third kappa shape index (κ3) is 7.79. The fourth-order valence-electron chi connectivity index (χ4n) is 0.828. The Hall–Kier alpha value is -0.560. The van der Waals surface area contributed by atoms with Gasteiger partial charge in [-0.25, -0.2) is 0 Å². The maximum absolute atomic E-state index is 5.30. The zero-order valence-electron chi connectivity index (χ0n) is 8.51. The number of terminal acetylenes is 1. The Morgan fingerprint density at radius 2 is 2.23 bits per heavy atom. The highest BCUT2D eigenvalue weighted by Gasteiger charge is 2.02. The molecule has 0 fully saturated rings. The highest BCUT2D eigenvalue weighted by atomic mass is 16.5. The van der Waals surface area contributed by atoms with Crippen molar-refractivity contribution in [2.45, 2.75) is 19.4 Å². The van der Waals surface area contributed by atoms with Crippen LogP contribution < -0.4 is 5.32 Å². The first-order chi connectivity index (χ1) is 6.35. The molecular weight excluding hydrogens is 166 g/mol. The molecule has 0 aliphatic heterocycles. The van der Waals surface area contributed by atoms with Crippen molar-refractivity contribution in [1.29, 1.82) is 0 Å². The quantitative estimate of drug-likeness (QED) is 0.445. The molecule has 0 saturated carbocycles. The Kier molecular flexibility index (Phi) is 9.12. The first-order valence-electron chi connectivity index (χ1n) is 4.61. The van der Waals surface area contributed by atoms with Crippen LogP contribution in [0, 0.1) is 12.3 Å². The van der Waals surface area contributed by atoms with Crippen LogP contribution >= 0.6 is 0 Å². The molecule has 0 aromatic heterocycles. The minimum absolute atomic E-state index is 0.0248. The Bertz CT molecular complexity index is 142. The van der Waals surface area contributed by atoms with Gasteiger partial charge in [0.1, 0.15) is 0 Å². The number of rotatable bonds is 8. The van der Waals surface area contributed by atoms with Crippen molar-refractivity contribution in [3.8, 4) is 12.3 Å².